The molecule has 1 aromatic carbocycles. The maximum atomic E-state index is 11.3. The van der Waals surface area contributed by atoms with Crippen molar-refractivity contribution in [2.24, 2.45) is 0 Å². The van der Waals surface area contributed by atoms with Gasteiger partial charge in [0.15, 0.2) is 0 Å². The van der Waals surface area contributed by atoms with E-state index in [1.54, 1.807) is 0 Å². The predicted octanol–water partition coefficient (Wildman–Crippen LogP) is 1.74. The number of ether oxygens (including phenoxy) is 1. The van der Waals surface area contributed by atoms with Gasteiger partial charge in [-0.05, 0) is 12.0 Å². The van der Waals surface area contributed by atoms with Gasteiger partial charge in [0.2, 0.25) is 0 Å². The van der Waals surface area contributed by atoms with Gasteiger partial charge in [-0.15, -0.1) is 0 Å². The topological polar surface area (TPSA) is 92.7 Å². The van der Waals surface area contributed by atoms with Crippen LogP contribution in [0.4, 0.5) is 4.79 Å². The SMILES string of the molecule is O=C(O)CC(=O)CCCNC(=O)OCc1ccccc1. The fourth-order valence-electron chi connectivity index (χ4n) is 1.51. The Morgan fingerprint density at radius 2 is 1.85 bits per heavy atom. The smallest absolute Gasteiger partial charge is 0.407 e. The number of amides is 1. The van der Waals surface area contributed by atoms with E-state index in [0.29, 0.717) is 6.42 Å². The highest BCUT2D eigenvalue weighted by Crippen LogP contribution is 2.00. The number of Topliss-reactive ketones (excluding diaryl/α,β-unsaturated/α-hetero) is 1. The van der Waals surface area contributed by atoms with Crippen molar-refractivity contribution >= 4 is 17.8 Å². The lowest BCUT2D eigenvalue weighted by Gasteiger charge is -2.06. The predicted molar refractivity (Wildman–Crippen MR) is 71.1 cm³/mol. The Morgan fingerprint density at radius 1 is 1.15 bits per heavy atom. The molecule has 2 N–H and O–H groups in total. The maximum Gasteiger partial charge on any atom is 0.407 e. The van der Waals surface area contributed by atoms with Gasteiger partial charge >= 0.3 is 12.1 Å². The van der Waals surface area contributed by atoms with Gasteiger partial charge in [0, 0.05) is 13.0 Å². The van der Waals surface area contributed by atoms with Crippen molar-refractivity contribution in [2.75, 3.05) is 6.54 Å². The van der Waals surface area contributed by atoms with Crippen molar-refractivity contribution in [3.8, 4) is 0 Å². The van der Waals surface area contributed by atoms with Gasteiger partial charge in [-0.1, -0.05) is 30.3 Å². The Bertz CT molecular complexity index is 458. The van der Waals surface area contributed by atoms with Gasteiger partial charge in [-0.25, -0.2) is 4.79 Å². The minimum atomic E-state index is -1.13. The van der Waals surface area contributed by atoms with Crippen LogP contribution in [0.1, 0.15) is 24.8 Å². The van der Waals surface area contributed by atoms with E-state index in [-0.39, 0.29) is 25.4 Å². The van der Waals surface area contributed by atoms with Crippen LogP contribution in [0.2, 0.25) is 0 Å². The van der Waals surface area contributed by atoms with Crippen LogP contribution in [0.3, 0.4) is 0 Å². The zero-order chi connectivity index (χ0) is 14.8. The first-order chi connectivity index (χ1) is 9.58. The minimum Gasteiger partial charge on any atom is -0.481 e. The molecule has 0 saturated heterocycles. The number of rotatable bonds is 8. The molecule has 0 saturated carbocycles. The molecular formula is C14H17NO5. The first-order valence-electron chi connectivity index (χ1n) is 6.26. The summed E-state index contributed by atoms with van der Waals surface area (Å²) in [5.74, 6) is -1.48. The molecule has 0 aliphatic heterocycles. The third-order valence-electron chi connectivity index (χ3n) is 2.46. The number of benzene rings is 1. The van der Waals surface area contributed by atoms with Crippen LogP contribution < -0.4 is 5.32 Å². The highest BCUT2D eigenvalue weighted by atomic mass is 16.5. The molecule has 0 aliphatic rings. The number of aliphatic carboxylic acids is 1. The number of hydrogen-bond acceptors (Lipinski definition) is 4. The van der Waals surface area contributed by atoms with Gasteiger partial charge in [0.1, 0.15) is 18.8 Å². The van der Waals surface area contributed by atoms with E-state index in [1.807, 2.05) is 30.3 Å². The van der Waals surface area contributed by atoms with E-state index in [9.17, 15) is 14.4 Å². The molecule has 0 bridgehead atoms. The van der Waals surface area contributed by atoms with Gasteiger partial charge < -0.3 is 15.2 Å². The van der Waals surface area contributed by atoms with Crippen LogP contribution in [-0.4, -0.2) is 29.5 Å². The molecule has 1 amide bonds. The molecule has 1 aromatic rings. The first kappa shape index (κ1) is 15.7. The summed E-state index contributed by atoms with van der Waals surface area (Å²) in [6, 6.07) is 9.27. The van der Waals surface area contributed by atoms with E-state index in [4.69, 9.17) is 9.84 Å². The van der Waals surface area contributed by atoms with Gasteiger partial charge in [0.25, 0.3) is 0 Å². The molecule has 6 heteroatoms. The summed E-state index contributed by atoms with van der Waals surface area (Å²) in [7, 11) is 0. The number of carboxylic acids is 1. The number of alkyl carbamates (subject to hydrolysis) is 1. The van der Waals surface area contributed by atoms with Crippen molar-refractivity contribution in [3.63, 3.8) is 0 Å². The standard InChI is InChI=1S/C14H17NO5/c16-12(9-13(17)18)7-4-8-15-14(19)20-10-11-5-2-1-3-6-11/h1-3,5-6H,4,7-10H2,(H,15,19)(H,17,18). The summed E-state index contributed by atoms with van der Waals surface area (Å²) in [5.41, 5.74) is 0.888. The monoisotopic (exact) mass is 279 g/mol. The average molecular weight is 279 g/mol. The van der Waals surface area contributed by atoms with Gasteiger partial charge in [0.05, 0.1) is 0 Å². The molecule has 0 spiro atoms. The molecule has 108 valence electrons. The molecule has 0 radical (unpaired) electrons. The Kier molecular flexibility index (Phi) is 6.81. The lowest BCUT2D eigenvalue weighted by Crippen LogP contribution is -2.25. The zero-order valence-corrected chi connectivity index (χ0v) is 11.0. The number of carbonyl (C=O) groups excluding carboxylic acids is 2. The number of hydrogen-bond donors (Lipinski definition) is 2. The molecule has 0 atom stereocenters. The Labute approximate surface area is 116 Å². The quantitative estimate of drug-likeness (QED) is 0.558. The van der Waals surface area contributed by atoms with Crippen LogP contribution in [0, 0.1) is 0 Å². The van der Waals surface area contributed by atoms with E-state index in [1.165, 1.54) is 0 Å². The third-order valence-corrected chi connectivity index (χ3v) is 2.46. The summed E-state index contributed by atoms with van der Waals surface area (Å²) in [6.07, 6.45) is -0.504. The Balaban J connectivity index is 2.09. The molecule has 0 heterocycles. The van der Waals surface area contributed by atoms with Crippen molar-refractivity contribution in [1.29, 1.82) is 0 Å². The van der Waals surface area contributed by atoms with Gasteiger partial charge in [-0.3, -0.25) is 9.59 Å². The molecule has 0 unspecified atom stereocenters. The summed E-state index contributed by atoms with van der Waals surface area (Å²) in [5, 5.41) is 10.9. The molecule has 6 nitrogen and oxygen atoms in total. The maximum absolute atomic E-state index is 11.3. The second-order valence-electron chi connectivity index (χ2n) is 4.20. The van der Waals surface area contributed by atoms with E-state index in [0.717, 1.165) is 5.56 Å². The second-order valence-corrected chi connectivity index (χ2v) is 4.20. The molecule has 0 aliphatic carbocycles. The van der Waals surface area contributed by atoms with Gasteiger partial charge in [-0.2, -0.15) is 0 Å². The Hall–Kier alpha value is -2.37. The largest absolute Gasteiger partial charge is 0.481 e. The number of nitrogens with one attached hydrogen (secondary N) is 1. The van der Waals surface area contributed by atoms with Crippen molar-refractivity contribution in [3.05, 3.63) is 35.9 Å². The highest BCUT2D eigenvalue weighted by molar-refractivity contribution is 5.94. The van der Waals surface area contributed by atoms with Crippen LogP contribution in [0.15, 0.2) is 30.3 Å². The van der Waals surface area contributed by atoms with Crippen LogP contribution in [-0.2, 0) is 20.9 Å². The summed E-state index contributed by atoms with van der Waals surface area (Å²) in [6.45, 7) is 0.462. The lowest BCUT2D eigenvalue weighted by molar-refractivity contribution is -0.140. The average Bonchev–Trinajstić information content (AvgIpc) is 2.42. The lowest BCUT2D eigenvalue weighted by atomic mass is 10.2. The summed E-state index contributed by atoms with van der Waals surface area (Å²) < 4.78 is 4.97. The molecule has 0 fully saturated rings. The summed E-state index contributed by atoms with van der Waals surface area (Å²) >= 11 is 0. The minimum absolute atomic E-state index is 0.130. The molecule has 0 aromatic heterocycles. The second kappa shape index (κ2) is 8.68. The third kappa shape index (κ3) is 7.15. The van der Waals surface area contributed by atoms with Crippen molar-refractivity contribution < 1.29 is 24.2 Å². The molecular weight excluding hydrogens is 262 g/mol. The van der Waals surface area contributed by atoms with E-state index < -0.39 is 18.5 Å². The summed E-state index contributed by atoms with van der Waals surface area (Å²) in [4.78, 5) is 32.7. The molecule has 1 rings (SSSR count). The number of ketones is 1. The van der Waals surface area contributed by atoms with Crippen LogP contribution in [0.5, 0.6) is 0 Å². The van der Waals surface area contributed by atoms with E-state index >= 15 is 0 Å². The fourth-order valence-corrected chi connectivity index (χ4v) is 1.51. The van der Waals surface area contributed by atoms with Crippen molar-refractivity contribution in [2.45, 2.75) is 25.9 Å². The van der Waals surface area contributed by atoms with E-state index in [2.05, 4.69) is 5.32 Å². The van der Waals surface area contributed by atoms with Crippen LogP contribution >= 0.6 is 0 Å². The zero-order valence-electron chi connectivity index (χ0n) is 11.0. The fraction of sp³-hybridized carbons (Fsp3) is 0.357. The molecule has 20 heavy (non-hydrogen) atoms. The highest BCUT2D eigenvalue weighted by Gasteiger charge is 2.08. The Morgan fingerprint density at radius 3 is 2.50 bits per heavy atom. The number of carbonyl (C=O) groups is 3. The first-order valence-corrected chi connectivity index (χ1v) is 6.26. The van der Waals surface area contributed by atoms with Crippen molar-refractivity contribution in [1.82, 2.24) is 5.32 Å². The normalized spacial score (nSPS) is 9.80. The van der Waals surface area contributed by atoms with Crippen LogP contribution in [0.25, 0.3) is 0 Å². The number of carboxylic acid groups (broad SMARTS) is 1.